The highest BCUT2D eigenvalue weighted by Gasteiger charge is 2.18. The van der Waals surface area contributed by atoms with Gasteiger partial charge in [0, 0.05) is 11.8 Å². The van der Waals surface area contributed by atoms with Gasteiger partial charge in [-0.1, -0.05) is 43.7 Å². The number of pyridine rings is 1. The maximum absolute atomic E-state index is 12.3. The first-order chi connectivity index (χ1) is 13.1. The zero-order valence-electron chi connectivity index (χ0n) is 15.4. The van der Waals surface area contributed by atoms with Gasteiger partial charge in [0.05, 0.1) is 11.9 Å². The van der Waals surface area contributed by atoms with E-state index in [4.69, 9.17) is 4.74 Å². The molecule has 1 aromatic carbocycles. The van der Waals surface area contributed by atoms with Crippen molar-refractivity contribution < 1.29 is 14.3 Å². The van der Waals surface area contributed by atoms with Gasteiger partial charge in [0.25, 0.3) is 0 Å². The summed E-state index contributed by atoms with van der Waals surface area (Å²) < 4.78 is 6.75. The highest BCUT2D eigenvalue weighted by Crippen LogP contribution is 2.14. The summed E-state index contributed by atoms with van der Waals surface area (Å²) in [7, 11) is 0. The number of carbonyl (C=O) groups is 2. The van der Waals surface area contributed by atoms with E-state index in [0.29, 0.717) is 22.6 Å². The maximum atomic E-state index is 12.3. The molecule has 2 heterocycles. The Hall–Kier alpha value is -3.28. The third kappa shape index (κ3) is 4.28. The summed E-state index contributed by atoms with van der Waals surface area (Å²) in [6.45, 7) is 3.56. The normalized spacial score (nSPS) is 10.6. The second-order valence-electron chi connectivity index (χ2n) is 6.19. The highest BCUT2D eigenvalue weighted by molar-refractivity contribution is 5.99. The van der Waals surface area contributed by atoms with Crippen molar-refractivity contribution in [1.29, 1.82) is 0 Å². The molecule has 3 aromatic rings. The molecule has 0 amide bonds. The summed E-state index contributed by atoms with van der Waals surface area (Å²) >= 11 is 0. The number of ketones is 1. The van der Waals surface area contributed by atoms with Crippen LogP contribution in [0.2, 0.25) is 0 Å². The fraction of sp³-hybridized carbons (Fsp3) is 0.238. The van der Waals surface area contributed by atoms with Crippen molar-refractivity contribution in [1.82, 2.24) is 14.8 Å². The molecule has 0 spiro atoms. The van der Waals surface area contributed by atoms with E-state index in [2.05, 4.69) is 17.0 Å². The summed E-state index contributed by atoms with van der Waals surface area (Å²) in [6.07, 6.45) is 5.11. The van der Waals surface area contributed by atoms with E-state index in [1.54, 1.807) is 42.1 Å². The molecule has 0 saturated carbocycles. The van der Waals surface area contributed by atoms with Crippen molar-refractivity contribution >= 4 is 11.8 Å². The molecule has 0 aliphatic rings. The lowest BCUT2D eigenvalue weighted by Gasteiger charge is -2.06. The van der Waals surface area contributed by atoms with E-state index < -0.39 is 5.97 Å². The molecular formula is C21H21N3O3. The van der Waals surface area contributed by atoms with Gasteiger partial charge in [0.2, 0.25) is 0 Å². The summed E-state index contributed by atoms with van der Waals surface area (Å²) in [5.41, 5.74) is 2.63. The number of esters is 1. The number of hydrogen-bond donors (Lipinski definition) is 0. The molecule has 0 bridgehead atoms. The molecule has 0 aliphatic carbocycles. The number of ether oxygens (including phenoxy) is 1. The predicted octanol–water partition coefficient (Wildman–Crippen LogP) is 3.57. The molecule has 3 rings (SSSR count). The minimum atomic E-state index is -0.578. The Kier molecular flexibility index (Phi) is 5.76. The van der Waals surface area contributed by atoms with Gasteiger partial charge in [-0.2, -0.15) is 5.10 Å². The molecule has 2 aromatic heterocycles. The second kappa shape index (κ2) is 8.40. The number of benzene rings is 1. The molecule has 0 unspecified atom stereocenters. The van der Waals surface area contributed by atoms with Crippen molar-refractivity contribution in [2.24, 2.45) is 0 Å². The molecule has 0 N–H and O–H groups in total. The van der Waals surface area contributed by atoms with Gasteiger partial charge in [-0.05, 0) is 31.0 Å². The molecule has 6 heteroatoms. The van der Waals surface area contributed by atoms with Gasteiger partial charge in [-0.25, -0.2) is 14.5 Å². The number of aromatic nitrogens is 3. The molecular weight excluding hydrogens is 342 g/mol. The van der Waals surface area contributed by atoms with Gasteiger partial charge in [-0.3, -0.25) is 4.79 Å². The van der Waals surface area contributed by atoms with E-state index in [-0.39, 0.29) is 12.4 Å². The first-order valence-corrected chi connectivity index (χ1v) is 8.85. The van der Waals surface area contributed by atoms with Crippen molar-refractivity contribution in [2.45, 2.75) is 26.7 Å². The van der Waals surface area contributed by atoms with Crippen LogP contribution < -0.4 is 0 Å². The molecule has 0 aliphatic heterocycles. The molecule has 0 radical (unpaired) electrons. The average molecular weight is 363 g/mol. The zero-order valence-corrected chi connectivity index (χ0v) is 15.4. The fourth-order valence-corrected chi connectivity index (χ4v) is 2.76. The Morgan fingerprint density at radius 2 is 1.89 bits per heavy atom. The lowest BCUT2D eigenvalue weighted by Crippen LogP contribution is -2.15. The Bertz CT molecular complexity index is 931. The molecule has 138 valence electrons. The molecule has 6 nitrogen and oxygen atoms in total. The van der Waals surface area contributed by atoms with Crippen LogP contribution in [0.4, 0.5) is 0 Å². The van der Waals surface area contributed by atoms with Crippen LogP contribution in [0.25, 0.3) is 5.82 Å². The Morgan fingerprint density at radius 3 is 2.56 bits per heavy atom. The number of Topliss-reactive ketones (excluding diaryl/α,β-unsaturated/α-hetero) is 1. The van der Waals surface area contributed by atoms with Crippen LogP contribution in [0, 0.1) is 6.92 Å². The Labute approximate surface area is 157 Å². The van der Waals surface area contributed by atoms with Gasteiger partial charge >= 0.3 is 5.97 Å². The predicted molar refractivity (Wildman–Crippen MR) is 101 cm³/mol. The van der Waals surface area contributed by atoms with Gasteiger partial charge in [-0.15, -0.1) is 0 Å². The van der Waals surface area contributed by atoms with E-state index in [9.17, 15) is 9.59 Å². The van der Waals surface area contributed by atoms with Gasteiger partial charge < -0.3 is 4.74 Å². The van der Waals surface area contributed by atoms with Crippen LogP contribution in [0.3, 0.4) is 0 Å². The van der Waals surface area contributed by atoms with Crippen LogP contribution in [-0.2, 0) is 11.2 Å². The fourth-order valence-electron chi connectivity index (χ4n) is 2.76. The topological polar surface area (TPSA) is 74.1 Å². The Balaban J connectivity index is 1.64. The third-order valence-corrected chi connectivity index (χ3v) is 4.24. The van der Waals surface area contributed by atoms with E-state index in [0.717, 1.165) is 12.8 Å². The quantitative estimate of drug-likeness (QED) is 0.474. The van der Waals surface area contributed by atoms with Crippen molar-refractivity contribution in [3.63, 3.8) is 0 Å². The smallest absolute Gasteiger partial charge is 0.342 e. The number of hydrogen-bond acceptors (Lipinski definition) is 5. The summed E-state index contributed by atoms with van der Waals surface area (Å²) in [6, 6.07) is 12.8. The van der Waals surface area contributed by atoms with Crippen LogP contribution in [0.15, 0.2) is 54.9 Å². The molecule has 0 saturated heterocycles. The minimum Gasteiger partial charge on any atom is -0.454 e. The largest absolute Gasteiger partial charge is 0.454 e. The molecule has 0 fully saturated rings. The van der Waals surface area contributed by atoms with Crippen molar-refractivity contribution in [3.8, 4) is 5.82 Å². The summed E-state index contributed by atoms with van der Waals surface area (Å²) in [5.74, 6) is -0.205. The molecule has 0 atom stereocenters. The number of aryl methyl sites for hydroxylation is 1. The van der Waals surface area contributed by atoms with Crippen molar-refractivity contribution in [2.75, 3.05) is 6.61 Å². The monoisotopic (exact) mass is 363 g/mol. The molecule has 27 heavy (non-hydrogen) atoms. The van der Waals surface area contributed by atoms with E-state index >= 15 is 0 Å². The lowest BCUT2D eigenvalue weighted by atomic mass is 10.1. The SMILES string of the molecule is CCCc1ccc(C(=O)COC(=O)c2cnn(-c3ccccn3)c2C)cc1. The zero-order chi connectivity index (χ0) is 19.2. The third-order valence-electron chi connectivity index (χ3n) is 4.24. The maximum Gasteiger partial charge on any atom is 0.342 e. The lowest BCUT2D eigenvalue weighted by molar-refractivity contribution is 0.0474. The summed E-state index contributed by atoms with van der Waals surface area (Å²) in [4.78, 5) is 28.8. The van der Waals surface area contributed by atoms with Crippen molar-refractivity contribution in [3.05, 3.63) is 77.2 Å². The van der Waals surface area contributed by atoms with Gasteiger partial charge in [0.15, 0.2) is 18.2 Å². The summed E-state index contributed by atoms with van der Waals surface area (Å²) in [5, 5.41) is 4.19. The highest BCUT2D eigenvalue weighted by atomic mass is 16.5. The standard InChI is InChI=1S/C21H21N3O3/c1-3-6-16-8-10-17(11-9-16)19(25)14-27-21(26)18-13-23-24(15(18)2)20-7-4-5-12-22-20/h4-5,7-13H,3,6,14H2,1-2H3. The van der Waals surface area contributed by atoms with E-state index in [1.807, 2.05) is 18.2 Å². The second-order valence-corrected chi connectivity index (χ2v) is 6.19. The Morgan fingerprint density at radius 1 is 1.11 bits per heavy atom. The number of rotatable bonds is 7. The first-order valence-electron chi connectivity index (χ1n) is 8.85. The van der Waals surface area contributed by atoms with Crippen LogP contribution in [-0.4, -0.2) is 33.1 Å². The van der Waals surface area contributed by atoms with Gasteiger partial charge in [0.1, 0.15) is 5.56 Å². The number of carbonyl (C=O) groups excluding carboxylic acids is 2. The number of nitrogens with zero attached hydrogens (tertiary/aromatic N) is 3. The first kappa shape index (κ1) is 18.5. The van der Waals surface area contributed by atoms with Crippen LogP contribution >= 0.6 is 0 Å². The van der Waals surface area contributed by atoms with Crippen LogP contribution in [0.1, 0.15) is 45.3 Å². The van der Waals surface area contributed by atoms with Crippen LogP contribution in [0.5, 0.6) is 0 Å². The minimum absolute atomic E-state index is 0.235. The van der Waals surface area contributed by atoms with E-state index in [1.165, 1.54) is 11.8 Å². The average Bonchev–Trinajstić information content (AvgIpc) is 3.09.